The summed E-state index contributed by atoms with van der Waals surface area (Å²) >= 11 is 0. The van der Waals surface area contributed by atoms with Crippen molar-refractivity contribution in [2.45, 2.75) is 55.3 Å². The Morgan fingerprint density at radius 1 is 0.870 bits per heavy atom. The normalized spacial score (nSPS) is 48.5. The Hall–Kier alpha value is -0.730. The Morgan fingerprint density at radius 2 is 1.48 bits per heavy atom. The van der Waals surface area contributed by atoms with Crippen LogP contribution in [0.25, 0.3) is 0 Å². The molecular formula is C12H20O11. The highest BCUT2D eigenvalue weighted by molar-refractivity contribution is 5.88. The SMILES string of the molecule is O=C1[C@@H](O)[C@H](O[C@H]2[C@H](O)[C@@H](O)[C@H](O)O[C@@H]2CO)O[C@H](CO)[C@H]1O. The fourth-order valence-corrected chi connectivity index (χ4v) is 2.45. The van der Waals surface area contributed by atoms with Gasteiger partial charge in [-0.3, -0.25) is 4.79 Å². The van der Waals surface area contributed by atoms with E-state index in [0.717, 1.165) is 0 Å². The minimum Gasteiger partial charge on any atom is -0.394 e. The lowest BCUT2D eigenvalue weighted by Crippen LogP contribution is -2.63. The second-order valence-corrected chi connectivity index (χ2v) is 5.35. The zero-order valence-electron chi connectivity index (χ0n) is 11.9. The Bertz CT molecular complexity index is 416. The highest BCUT2D eigenvalue weighted by atomic mass is 16.7. The van der Waals surface area contributed by atoms with Crippen LogP contribution in [-0.2, 0) is 19.0 Å². The average Bonchev–Trinajstić information content (AvgIpc) is 2.55. The van der Waals surface area contributed by atoms with Crippen molar-refractivity contribution in [1.29, 1.82) is 0 Å². The van der Waals surface area contributed by atoms with Gasteiger partial charge >= 0.3 is 0 Å². The van der Waals surface area contributed by atoms with Crippen molar-refractivity contribution in [3.63, 3.8) is 0 Å². The third kappa shape index (κ3) is 3.53. The van der Waals surface area contributed by atoms with E-state index in [1.165, 1.54) is 0 Å². The smallest absolute Gasteiger partial charge is 0.197 e. The first kappa shape index (κ1) is 18.6. The first-order chi connectivity index (χ1) is 10.8. The van der Waals surface area contributed by atoms with Gasteiger partial charge < -0.3 is 50.0 Å². The second kappa shape index (κ2) is 7.44. The first-order valence-electron chi connectivity index (χ1n) is 6.94. The molecule has 0 aromatic carbocycles. The molecule has 9 atom stereocenters. The molecule has 0 aromatic heterocycles. The molecule has 2 heterocycles. The Morgan fingerprint density at radius 3 is 2.04 bits per heavy atom. The molecule has 0 bridgehead atoms. The maximum absolute atomic E-state index is 11.7. The van der Waals surface area contributed by atoms with Crippen LogP contribution in [-0.4, -0.2) is 110 Å². The van der Waals surface area contributed by atoms with Crippen LogP contribution in [0.3, 0.4) is 0 Å². The average molecular weight is 340 g/mol. The van der Waals surface area contributed by atoms with E-state index in [1.54, 1.807) is 0 Å². The minimum absolute atomic E-state index is 0.700. The number of ether oxygens (including phenoxy) is 3. The van der Waals surface area contributed by atoms with Crippen molar-refractivity contribution >= 4 is 5.78 Å². The zero-order chi connectivity index (χ0) is 17.3. The third-order valence-electron chi connectivity index (χ3n) is 3.81. The number of carbonyl (C=O) groups is 1. The molecule has 0 radical (unpaired) electrons. The summed E-state index contributed by atoms with van der Waals surface area (Å²) in [6, 6.07) is 0. The van der Waals surface area contributed by atoms with Crippen molar-refractivity contribution in [3.05, 3.63) is 0 Å². The zero-order valence-corrected chi connectivity index (χ0v) is 11.9. The summed E-state index contributed by atoms with van der Waals surface area (Å²) in [7, 11) is 0. The van der Waals surface area contributed by atoms with E-state index in [4.69, 9.17) is 19.3 Å². The van der Waals surface area contributed by atoms with Crippen molar-refractivity contribution < 1.29 is 54.8 Å². The molecule has 2 aliphatic rings. The van der Waals surface area contributed by atoms with Gasteiger partial charge in [0.25, 0.3) is 0 Å². The molecule has 23 heavy (non-hydrogen) atoms. The van der Waals surface area contributed by atoms with Crippen molar-refractivity contribution in [1.82, 2.24) is 0 Å². The Balaban J connectivity index is 2.13. The van der Waals surface area contributed by atoms with Gasteiger partial charge in [-0.2, -0.15) is 0 Å². The van der Waals surface area contributed by atoms with Crippen LogP contribution in [0, 0.1) is 0 Å². The monoisotopic (exact) mass is 340 g/mol. The van der Waals surface area contributed by atoms with Gasteiger partial charge in [-0.25, -0.2) is 0 Å². The van der Waals surface area contributed by atoms with Gasteiger partial charge in [-0.1, -0.05) is 0 Å². The minimum atomic E-state index is -1.91. The highest BCUT2D eigenvalue weighted by Crippen LogP contribution is 2.27. The lowest BCUT2D eigenvalue weighted by atomic mass is 9.98. The Kier molecular flexibility index (Phi) is 6.02. The molecule has 0 aromatic rings. The van der Waals surface area contributed by atoms with Gasteiger partial charge in [0.05, 0.1) is 13.2 Å². The van der Waals surface area contributed by atoms with E-state index < -0.39 is 74.3 Å². The van der Waals surface area contributed by atoms with Gasteiger partial charge in [-0.15, -0.1) is 0 Å². The number of hydrogen-bond donors (Lipinski definition) is 7. The fourth-order valence-electron chi connectivity index (χ4n) is 2.45. The van der Waals surface area contributed by atoms with Gasteiger partial charge in [-0.05, 0) is 0 Å². The van der Waals surface area contributed by atoms with E-state index in [2.05, 4.69) is 0 Å². The highest BCUT2D eigenvalue weighted by Gasteiger charge is 2.50. The molecule has 2 rings (SSSR count). The quantitative estimate of drug-likeness (QED) is 0.259. The van der Waals surface area contributed by atoms with Crippen LogP contribution in [0.1, 0.15) is 0 Å². The molecular weight excluding hydrogens is 320 g/mol. The van der Waals surface area contributed by atoms with E-state index >= 15 is 0 Å². The van der Waals surface area contributed by atoms with E-state index in [9.17, 15) is 35.4 Å². The topological polar surface area (TPSA) is 186 Å². The van der Waals surface area contributed by atoms with Crippen LogP contribution in [0.15, 0.2) is 0 Å². The first-order valence-corrected chi connectivity index (χ1v) is 6.94. The molecule has 0 spiro atoms. The van der Waals surface area contributed by atoms with Crippen molar-refractivity contribution in [2.75, 3.05) is 13.2 Å². The van der Waals surface area contributed by atoms with Crippen molar-refractivity contribution in [2.24, 2.45) is 0 Å². The third-order valence-corrected chi connectivity index (χ3v) is 3.81. The van der Waals surface area contributed by atoms with Crippen LogP contribution >= 0.6 is 0 Å². The van der Waals surface area contributed by atoms with E-state index in [0.29, 0.717) is 0 Å². The lowest BCUT2D eigenvalue weighted by Gasteiger charge is -2.43. The summed E-state index contributed by atoms with van der Waals surface area (Å²) in [6.45, 7) is -1.43. The number of hydrogen-bond acceptors (Lipinski definition) is 11. The molecule has 2 saturated heterocycles. The second-order valence-electron chi connectivity index (χ2n) is 5.35. The van der Waals surface area contributed by atoms with Gasteiger partial charge in [0, 0.05) is 0 Å². The molecule has 0 saturated carbocycles. The molecule has 134 valence electrons. The number of Topliss-reactive ketones (excluding diaryl/α,β-unsaturated/α-hetero) is 1. The molecule has 0 aliphatic carbocycles. The molecule has 0 amide bonds. The number of carbonyl (C=O) groups excluding carboxylic acids is 1. The summed E-state index contributed by atoms with van der Waals surface area (Å²) < 4.78 is 15.1. The lowest BCUT2D eigenvalue weighted by molar-refractivity contribution is -0.336. The predicted molar refractivity (Wildman–Crippen MR) is 67.6 cm³/mol. The molecule has 0 unspecified atom stereocenters. The summed E-state index contributed by atoms with van der Waals surface area (Å²) in [5, 5.41) is 66.4. The molecule has 7 N–H and O–H groups in total. The molecule has 2 fully saturated rings. The maximum Gasteiger partial charge on any atom is 0.197 e. The summed E-state index contributed by atoms with van der Waals surface area (Å²) in [5.41, 5.74) is 0. The van der Waals surface area contributed by atoms with Crippen LogP contribution in [0.2, 0.25) is 0 Å². The van der Waals surface area contributed by atoms with Crippen LogP contribution in [0.5, 0.6) is 0 Å². The number of ketones is 1. The van der Waals surface area contributed by atoms with Gasteiger partial charge in [0.15, 0.2) is 24.5 Å². The summed E-state index contributed by atoms with van der Waals surface area (Å²) in [6.07, 6.45) is -14.6. The maximum atomic E-state index is 11.7. The molecule has 2 aliphatic heterocycles. The van der Waals surface area contributed by atoms with E-state index in [-0.39, 0.29) is 0 Å². The number of rotatable bonds is 4. The van der Waals surface area contributed by atoms with Gasteiger partial charge in [0.1, 0.15) is 36.6 Å². The number of aliphatic hydroxyl groups is 7. The van der Waals surface area contributed by atoms with E-state index in [1.807, 2.05) is 0 Å². The molecule has 11 nitrogen and oxygen atoms in total. The van der Waals surface area contributed by atoms with Gasteiger partial charge in [0.2, 0.25) is 0 Å². The fraction of sp³-hybridized carbons (Fsp3) is 0.917. The predicted octanol–water partition coefficient (Wildman–Crippen LogP) is -5.19. The Labute approximate surface area is 130 Å². The molecule has 11 heteroatoms. The number of aliphatic hydroxyl groups excluding tert-OH is 7. The standard InChI is InChI=1S/C12H20O11/c13-1-3-5(15)6(16)9(19)12(22-3)23-10-4(2-14)21-11(20)8(18)7(10)17/h3-5,7-15,17-20H,1-2H2/t3-,4-,5-,7-,8-,9-,10-,11-,12+/m1/s1. The van der Waals surface area contributed by atoms with Crippen molar-refractivity contribution in [3.8, 4) is 0 Å². The van der Waals surface area contributed by atoms with Crippen LogP contribution in [0.4, 0.5) is 0 Å². The summed E-state index contributed by atoms with van der Waals surface area (Å²) in [5.74, 6) is -1.05. The van der Waals surface area contributed by atoms with Crippen LogP contribution < -0.4 is 0 Å². The largest absolute Gasteiger partial charge is 0.394 e. The summed E-state index contributed by atoms with van der Waals surface area (Å²) in [4.78, 5) is 11.7.